The summed E-state index contributed by atoms with van der Waals surface area (Å²) in [7, 11) is -2.27. The molecule has 1 amide bonds. The van der Waals surface area contributed by atoms with Crippen LogP contribution in [0.1, 0.15) is 38.2 Å². The first-order valence-electron chi connectivity index (χ1n) is 10.8. The minimum absolute atomic E-state index is 0.0145. The molecule has 0 unspecified atom stereocenters. The number of benzene rings is 1. The average Bonchev–Trinajstić information content (AvgIpc) is 2.79. The van der Waals surface area contributed by atoms with Crippen molar-refractivity contribution in [1.82, 2.24) is 9.79 Å². The zero-order valence-electron chi connectivity index (χ0n) is 18.6. The van der Waals surface area contributed by atoms with E-state index in [1.807, 2.05) is 30.3 Å². The average molecular weight is 462 g/mol. The number of ether oxygens (including phenoxy) is 1. The van der Waals surface area contributed by atoms with Gasteiger partial charge in [-0.3, -0.25) is 15.2 Å². The first-order valence-corrected chi connectivity index (χ1v) is 12.2. The number of cyclic esters (lactones) is 1. The minimum atomic E-state index is -3.74. The van der Waals surface area contributed by atoms with Crippen LogP contribution in [0.2, 0.25) is 0 Å². The number of nitrogens with zero attached hydrogens (tertiary/aromatic N) is 2. The zero-order chi connectivity index (χ0) is 23.1. The van der Waals surface area contributed by atoms with Crippen molar-refractivity contribution in [1.29, 1.82) is 0 Å². The van der Waals surface area contributed by atoms with Crippen LogP contribution in [0, 0.1) is 0 Å². The Labute approximate surface area is 190 Å². The number of carbonyl (C=O) groups excluding carboxylic acids is 1. The summed E-state index contributed by atoms with van der Waals surface area (Å²) in [6.07, 6.45) is 7.69. The van der Waals surface area contributed by atoms with Gasteiger partial charge in [0.15, 0.2) is 0 Å². The second-order valence-electron chi connectivity index (χ2n) is 7.75. The van der Waals surface area contributed by atoms with E-state index < -0.39 is 10.0 Å². The maximum absolute atomic E-state index is 13.1. The normalized spacial score (nSPS) is 18.5. The number of rotatable bonds is 9. The van der Waals surface area contributed by atoms with Gasteiger partial charge in [0.05, 0.1) is 23.4 Å². The highest BCUT2D eigenvalue weighted by Crippen LogP contribution is 2.32. The summed E-state index contributed by atoms with van der Waals surface area (Å²) in [6.45, 7) is 6.70. The Morgan fingerprint density at radius 3 is 2.72 bits per heavy atom. The number of unbranched alkanes of at least 4 members (excludes halogenated alkanes) is 1. The van der Waals surface area contributed by atoms with E-state index in [1.165, 1.54) is 17.5 Å². The summed E-state index contributed by atoms with van der Waals surface area (Å²) in [5.41, 5.74) is 4.99. The number of para-hydroxylation sites is 1. The largest absolute Gasteiger partial charge is 0.444 e. The maximum atomic E-state index is 13.1. The van der Waals surface area contributed by atoms with Crippen molar-refractivity contribution in [3.63, 3.8) is 0 Å². The Kier molecular flexibility index (Phi) is 8.11. The molecule has 1 saturated heterocycles. The van der Waals surface area contributed by atoms with E-state index in [4.69, 9.17) is 9.57 Å². The summed E-state index contributed by atoms with van der Waals surface area (Å²) in [6, 6.07) is 7.52. The molecule has 3 rings (SSSR count). The van der Waals surface area contributed by atoms with E-state index in [0.717, 1.165) is 24.1 Å². The third kappa shape index (κ3) is 5.40. The van der Waals surface area contributed by atoms with E-state index in [0.29, 0.717) is 31.6 Å². The number of sulfonamides is 1. The van der Waals surface area contributed by atoms with Crippen LogP contribution < -0.4 is 10.4 Å². The number of nitrogens with one attached hydrogen (secondary N) is 1. The number of hydrogen-bond donors (Lipinski definition) is 1. The quantitative estimate of drug-likeness (QED) is 0.444. The SMILES string of the molecule is C=C(/C=C(\C=C/CCC)NOC)S(=O)(=O)N1CCC(N2C(=O)OCc3ccccc32)CC1. The molecular formula is C23H31N3O5S. The Morgan fingerprint density at radius 2 is 2.03 bits per heavy atom. The van der Waals surface area contributed by atoms with Crippen molar-refractivity contribution in [2.75, 3.05) is 25.1 Å². The molecule has 1 fully saturated rings. The number of allylic oxidation sites excluding steroid dienone is 3. The first-order chi connectivity index (χ1) is 15.4. The number of hydroxylamine groups is 1. The smallest absolute Gasteiger partial charge is 0.414 e. The van der Waals surface area contributed by atoms with Gasteiger partial charge in [-0.1, -0.05) is 44.2 Å². The van der Waals surface area contributed by atoms with Crippen molar-refractivity contribution in [3.05, 3.63) is 65.2 Å². The van der Waals surface area contributed by atoms with E-state index in [1.54, 1.807) is 11.0 Å². The van der Waals surface area contributed by atoms with Gasteiger partial charge in [0.25, 0.3) is 0 Å². The molecule has 9 heteroatoms. The lowest BCUT2D eigenvalue weighted by atomic mass is 10.0. The third-order valence-corrected chi connectivity index (χ3v) is 7.37. The minimum Gasteiger partial charge on any atom is -0.444 e. The Bertz CT molecular complexity index is 995. The van der Waals surface area contributed by atoms with Crippen LogP contribution in [0.5, 0.6) is 0 Å². The van der Waals surface area contributed by atoms with Gasteiger partial charge < -0.3 is 4.74 Å². The third-order valence-electron chi connectivity index (χ3n) is 5.55. The van der Waals surface area contributed by atoms with Crippen LogP contribution in [0.25, 0.3) is 0 Å². The maximum Gasteiger partial charge on any atom is 0.414 e. The number of piperidine rings is 1. The highest BCUT2D eigenvalue weighted by molar-refractivity contribution is 7.93. The predicted octanol–water partition coefficient (Wildman–Crippen LogP) is 3.84. The summed E-state index contributed by atoms with van der Waals surface area (Å²) in [5, 5.41) is 0. The van der Waals surface area contributed by atoms with Gasteiger partial charge in [-0.25, -0.2) is 13.2 Å². The molecule has 0 radical (unpaired) electrons. The molecule has 1 aromatic rings. The molecular weight excluding hydrogens is 430 g/mol. The Morgan fingerprint density at radius 1 is 1.31 bits per heavy atom. The molecule has 2 heterocycles. The van der Waals surface area contributed by atoms with E-state index in [9.17, 15) is 13.2 Å². The number of anilines is 1. The van der Waals surface area contributed by atoms with E-state index in [2.05, 4.69) is 19.0 Å². The van der Waals surface area contributed by atoms with Crippen LogP contribution in [0.15, 0.2) is 59.7 Å². The second-order valence-corrected chi connectivity index (χ2v) is 9.74. The highest BCUT2D eigenvalue weighted by atomic mass is 32.2. The molecule has 2 aliphatic rings. The molecule has 0 aromatic heterocycles. The van der Waals surface area contributed by atoms with Crippen molar-refractivity contribution < 1.29 is 22.8 Å². The number of hydrogen-bond acceptors (Lipinski definition) is 6. The molecule has 0 aliphatic carbocycles. The van der Waals surface area contributed by atoms with Crippen molar-refractivity contribution in [2.24, 2.45) is 0 Å². The number of amides is 1. The lowest BCUT2D eigenvalue weighted by Gasteiger charge is -2.39. The fourth-order valence-electron chi connectivity index (χ4n) is 3.88. The van der Waals surface area contributed by atoms with Crippen LogP contribution in [-0.2, 0) is 26.2 Å². The second kappa shape index (κ2) is 10.8. The summed E-state index contributed by atoms with van der Waals surface area (Å²) in [5.74, 6) is 0. The molecule has 32 heavy (non-hydrogen) atoms. The number of fused-ring (bicyclic) bond motifs is 1. The predicted molar refractivity (Wildman–Crippen MR) is 124 cm³/mol. The molecule has 0 spiro atoms. The molecule has 0 bridgehead atoms. The fraction of sp³-hybridized carbons (Fsp3) is 0.435. The molecule has 0 atom stereocenters. The molecule has 0 saturated carbocycles. The monoisotopic (exact) mass is 461 g/mol. The molecule has 1 aromatic carbocycles. The highest BCUT2D eigenvalue weighted by Gasteiger charge is 2.37. The lowest BCUT2D eigenvalue weighted by molar-refractivity contribution is 0.121. The molecule has 8 nitrogen and oxygen atoms in total. The van der Waals surface area contributed by atoms with Crippen LogP contribution in [0.4, 0.5) is 10.5 Å². The zero-order valence-corrected chi connectivity index (χ0v) is 19.4. The molecule has 2 aliphatic heterocycles. The standard InChI is InChI=1S/C23H31N3O5S/c1-4-5-6-10-20(24-30-3)16-18(2)32(28,29)25-14-12-21(13-15-25)26-22-11-8-7-9-19(22)17-31-23(26)27/h6-11,16,21,24H,2,4-5,12-15,17H2,1,3H3/b10-6-,20-16+. The summed E-state index contributed by atoms with van der Waals surface area (Å²) >= 11 is 0. The van der Waals surface area contributed by atoms with Crippen molar-refractivity contribution in [3.8, 4) is 0 Å². The van der Waals surface area contributed by atoms with Gasteiger partial charge >= 0.3 is 6.09 Å². The van der Waals surface area contributed by atoms with Gasteiger partial charge in [-0.2, -0.15) is 4.31 Å². The Hall–Kier alpha value is -2.62. The van der Waals surface area contributed by atoms with Gasteiger partial charge in [-0.15, -0.1) is 0 Å². The molecule has 174 valence electrons. The number of carbonyl (C=O) groups is 1. The first kappa shape index (κ1) is 24.0. The van der Waals surface area contributed by atoms with E-state index >= 15 is 0 Å². The summed E-state index contributed by atoms with van der Waals surface area (Å²) in [4.78, 5) is 19.1. The lowest BCUT2D eigenvalue weighted by Crippen LogP contribution is -2.50. The van der Waals surface area contributed by atoms with Crippen molar-refractivity contribution >= 4 is 21.8 Å². The molecule has 1 N–H and O–H groups in total. The van der Waals surface area contributed by atoms with Crippen LogP contribution in [0.3, 0.4) is 0 Å². The van der Waals surface area contributed by atoms with Gasteiger partial charge in [0, 0.05) is 24.7 Å². The van der Waals surface area contributed by atoms with Gasteiger partial charge in [0.2, 0.25) is 10.0 Å². The van der Waals surface area contributed by atoms with Gasteiger partial charge in [0.1, 0.15) is 6.61 Å². The van der Waals surface area contributed by atoms with Crippen molar-refractivity contribution in [2.45, 2.75) is 45.3 Å². The topological polar surface area (TPSA) is 88.2 Å². The van der Waals surface area contributed by atoms with E-state index in [-0.39, 0.29) is 23.6 Å². The summed E-state index contributed by atoms with van der Waals surface area (Å²) < 4.78 is 32.9. The fourth-order valence-corrected chi connectivity index (χ4v) is 5.18. The Balaban J connectivity index is 1.69. The van der Waals surface area contributed by atoms with Crippen LogP contribution in [-0.4, -0.2) is 45.1 Å². The van der Waals surface area contributed by atoms with Crippen LogP contribution >= 0.6 is 0 Å². The van der Waals surface area contributed by atoms with Gasteiger partial charge in [-0.05, 0) is 37.5 Å².